The number of nitrogens with two attached hydrogens (primary N) is 1. The third-order valence-electron chi connectivity index (χ3n) is 3.41. The normalized spacial score (nSPS) is 13.8. The second-order valence-corrected chi connectivity index (χ2v) is 5.20. The number of hydrogen-bond donors (Lipinski definition) is 2. The van der Waals surface area contributed by atoms with Crippen LogP contribution in [0.15, 0.2) is 48.5 Å². The standard InChI is InChI=1S/C17H21NO2/c1-13-7-6-8-14(11-18)16(13)20-12-17(2,19)15-9-4-3-5-10-15/h3-10,19H,11-12,18H2,1-2H3. The monoisotopic (exact) mass is 271 g/mol. The molecule has 0 amide bonds. The minimum atomic E-state index is -1.03. The molecule has 0 aromatic heterocycles. The van der Waals surface area contributed by atoms with Crippen molar-refractivity contribution in [3.05, 3.63) is 65.2 Å². The van der Waals surface area contributed by atoms with Gasteiger partial charge in [0, 0.05) is 12.1 Å². The van der Waals surface area contributed by atoms with Gasteiger partial charge >= 0.3 is 0 Å². The molecular formula is C17H21NO2. The van der Waals surface area contributed by atoms with Crippen LogP contribution in [0.3, 0.4) is 0 Å². The van der Waals surface area contributed by atoms with Crippen LogP contribution in [-0.2, 0) is 12.1 Å². The Bertz CT molecular complexity index is 564. The number of aryl methyl sites for hydroxylation is 1. The van der Waals surface area contributed by atoms with Gasteiger partial charge in [-0.25, -0.2) is 0 Å². The van der Waals surface area contributed by atoms with E-state index in [-0.39, 0.29) is 6.61 Å². The van der Waals surface area contributed by atoms with E-state index in [9.17, 15) is 5.11 Å². The largest absolute Gasteiger partial charge is 0.490 e. The molecule has 0 aliphatic rings. The molecule has 0 saturated heterocycles. The van der Waals surface area contributed by atoms with E-state index in [0.717, 1.165) is 22.4 Å². The van der Waals surface area contributed by atoms with Crippen molar-refractivity contribution in [2.24, 2.45) is 5.73 Å². The van der Waals surface area contributed by atoms with Crippen LogP contribution in [0.4, 0.5) is 0 Å². The molecule has 0 heterocycles. The Hall–Kier alpha value is -1.84. The minimum absolute atomic E-state index is 0.189. The average molecular weight is 271 g/mol. The van der Waals surface area contributed by atoms with Crippen LogP contribution in [0.2, 0.25) is 0 Å². The Morgan fingerprint density at radius 1 is 1.10 bits per heavy atom. The van der Waals surface area contributed by atoms with E-state index >= 15 is 0 Å². The first-order valence-corrected chi connectivity index (χ1v) is 6.74. The van der Waals surface area contributed by atoms with Crippen molar-refractivity contribution in [3.8, 4) is 5.75 Å². The van der Waals surface area contributed by atoms with E-state index in [1.54, 1.807) is 6.92 Å². The molecule has 106 valence electrons. The molecule has 1 atom stereocenters. The molecule has 0 aliphatic heterocycles. The third-order valence-corrected chi connectivity index (χ3v) is 3.41. The van der Waals surface area contributed by atoms with E-state index in [0.29, 0.717) is 6.54 Å². The van der Waals surface area contributed by atoms with Gasteiger partial charge in [-0.15, -0.1) is 0 Å². The number of ether oxygens (including phenoxy) is 1. The topological polar surface area (TPSA) is 55.5 Å². The van der Waals surface area contributed by atoms with Crippen LogP contribution in [0.25, 0.3) is 0 Å². The average Bonchev–Trinajstić information content (AvgIpc) is 2.46. The van der Waals surface area contributed by atoms with Crippen molar-refractivity contribution in [2.75, 3.05) is 6.61 Å². The van der Waals surface area contributed by atoms with Crippen molar-refractivity contribution in [1.29, 1.82) is 0 Å². The summed E-state index contributed by atoms with van der Waals surface area (Å²) in [5.74, 6) is 0.770. The maximum Gasteiger partial charge on any atom is 0.126 e. The zero-order chi connectivity index (χ0) is 14.6. The fourth-order valence-electron chi connectivity index (χ4n) is 2.17. The fourth-order valence-corrected chi connectivity index (χ4v) is 2.17. The van der Waals surface area contributed by atoms with Gasteiger partial charge in [0.25, 0.3) is 0 Å². The third kappa shape index (κ3) is 3.18. The molecule has 2 aromatic carbocycles. The maximum absolute atomic E-state index is 10.5. The molecule has 2 aromatic rings. The minimum Gasteiger partial charge on any atom is -0.490 e. The number of benzene rings is 2. The van der Waals surface area contributed by atoms with Crippen LogP contribution < -0.4 is 10.5 Å². The van der Waals surface area contributed by atoms with Gasteiger partial charge in [0.05, 0.1) is 0 Å². The molecule has 3 heteroatoms. The van der Waals surface area contributed by atoms with Gasteiger partial charge in [0.1, 0.15) is 18.0 Å². The Balaban J connectivity index is 2.17. The van der Waals surface area contributed by atoms with E-state index in [4.69, 9.17) is 10.5 Å². The summed E-state index contributed by atoms with van der Waals surface area (Å²) in [5.41, 5.74) is 7.51. The zero-order valence-electron chi connectivity index (χ0n) is 12.0. The summed E-state index contributed by atoms with van der Waals surface area (Å²) < 4.78 is 5.85. The van der Waals surface area contributed by atoms with Crippen LogP contribution in [0, 0.1) is 6.92 Å². The van der Waals surface area contributed by atoms with Gasteiger partial charge in [-0.3, -0.25) is 0 Å². The summed E-state index contributed by atoms with van der Waals surface area (Å²) in [4.78, 5) is 0. The number of rotatable bonds is 5. The molecule has 0 fully saturated rings. The van der Waals surface area contributed by atoms with Gasteiger partial charge in [0.2, 0.25) is 0 Å². The Kier molecular flexibility index (Phi) is 4.42. The Morgan fingerprint density at radius 3 is 2.45 bits per heavy atom. The van der Waals surface area contributed by atoms with Crippen molar-refractivity contribution in [2.45, 2.75) is 26.0 Å². The van der Waals surface area contributed by atoms with Crippen LogP contribution in [-0.4, -0.2) is 11.7 Å². The highest BCUT2D eigenvalue weighted by Crippen LogP contribution is 2.27. The summed E-state index contributed by atoms with van der Waals surface area (Å²) in [6.07, 6.45) is 0. The fraction of sp³-hybridized carbons (Fsp3) is 0.294. The van der Waals surface area contributed by atoms with Crippen LogP contribution in [0.5, 0.6) is 5.75 Å². The van der Waals surface area contributed by atoms with Gasteiger partial charge < -0.3 is 15.6 Å². The van der Waals surface area contributed by atoms with Gasteiger partial charge in [0.15, 0.2) is 0 Å². The molecule has 0 radical (unpaired) electrons. The predicted octanol–water partition coefficient (Wildman–Crippen LogP) is 2.74. The summed E-state index contributed by atoms with van der Waals surface area (Å²) in [6, 6.07) is 15.4. The molecule has 0 saturated carbocycles. The summed E-state index contributed by atoms with van der Waals surface area (Å²) >= 11 is 0. The summed E-state index contributed by atoms with van der Waals surface area (Å²) in [7, 11) is 0. The molecule has 0 bridgehead atoms. The van der Waals surface area contributed by atoms with E-state index < -0.39 is 5.60 Å². The molecule has 3 nitrogen and oxygen atoms in total. The molecule has 0 spiro atoms. The highest BCUT2D eigenvalue weighted by Gasteiger charge is 2.24. The van der Waals surface area contributed by atoms with Crippen LogP contribution in [0.1, 0.15) is 23.6 Å². The predicted molar refractivity (Wildman–Crippen MR) is 80.6 cm³/mol. The summed E-state index contributed by atoms with van der Waals surface area (Å²) in [6.45, 7) is 4.34. The van der Waals surface area contributed by atoms with E-state index in [2.05, 4.69) is 0 Å². The Labute approximate surface area is 120 Å². The van der Waals surface area contributed by atoms with Crippen molar-refractivity contribution >= 4 is 0 Å². The quantitative estimate of drug-likeness (QED) is 0.879. The second kappa shape index (κ2) is 6.07. The lowest BCUT2D eigenvalue weighted by Gasteiger charge is -2.25. The van der Waals surface area contributed by atoms with E-state index in [1.807, 2.05) is 55.5 Å². The highest BCUT2D eigenvalue weighted by molar-refractivity contribution is 5.40. The van der Waals surface area contributed by atoms with Crippen molar-refractivity contribution in [1.82, 2.24) is 0 Å². The highest BCUT2D eigenvalue weighted by atomic mass is 16.5. The van der Waals surface area contributed by atoms with Gasteiger partial charge in [-0.05, 0) is 25.0 Å². The second-order valence-electron chi connectivity index (χ2n) is 5.20. The lowest BCUT2D eigenvalue weighted by Crippen LogP contribution is -2.29. The van der Waals surface area contributed by atoms with Crippen molar-refractivity contribution in [3.63, 3.8) is 0 Å². The van der Waals surface area contributed by atoms with Crippen LogP contribution >= 0.6 is 0 Å². The number of hydrogen-bond acceptors (Lipinski definition) is 3. The lowest BCUT2D eigenvalue weighted by molar-refractivity contribution is 0.00711. The molecule has 3 N–H and O–H groups in total. The van der Waals surface area contributed by atoms with Gasteiger partial charge in [-0.1, -0.05) is 48.5 Å². The summed E-state index contributed by atoms with van der Waals surface area (Å²) in [5, 5.41) is 10.5. The molecule has 20 heavy (non-hydrogen) atoms. The smallest absolute Gasteiger partial charge is 0.126 e. The molecule has 2 rings (SSSR count). The first kappa shape index (κ1) is 14.6. The van der Waals surface area contributed by atoms with Gasteiger partial charge in [-0.2, -0.15) is 0 Å². The lowest BCUT2D eigenvalue weighted by atomic mass is 9.97. The number of aliphatic hydroxyl groups is 1. The van der Waals surface area contributed by atoms with E-state index in [1.165, 1.54) is 0 Å². The molecule has 1 unspecified atom stereocenters. The first-order chi connectivity index (χ1) is 9.54. The first-order valence-electron chi connectivity index (χ1n) is 6.74. The molecular weight excluding hydrogens is 250 g/mol. The zero-order valence-corrected chi connectivity index (χ0v) is 12.0. The van der Waals surface area contributed by atoms with Crippen molar-refractivity contribution < 1.29 is 9.84 Å². The SMILES string of the molecule is Cc1cccc(CN)c1OCC(C)(O)c1ccccc1. The Morgan fingerprint density at radius 2 is 1.80 bits per heavy atom. The molecule has 0 aliphatic carbocycles. The number of para-hydroxylation sites is 1. The maximum atomic E-state index is 10.5.